The summed E-state index contributed by atoms with van der Waals surface area (Å²) in [5, 5.41) is 16.2. The van der Waals surface area contributed by atoms with E-state index in [-0.39, 0.29) is 12.5 Å². The first-order valence-electron chi connectivity index (χ1n) is 4.77. The molecule has 0 unspecified atom stereocenters. The van der Waals surface area contributed by atoms with Crippen LogP contribution in [0.3, 0.4) is 0 Å². The van der Waals surface area contributed by atoms with Crippen molar-refractivity contribution < 1.29 is 14.6 Å². The highest BCUT2D eigenvalue weighted by Gasteiger charge is 2.11. The summed E-state index contributed by atoms with van der Waals surface area (Å²) in [6, 6.07) is 0.422. The van der Waals surface area contributed by atoms with E-state index in [1.807, 2.05) is 13.8 Å². The second-order valence-electron chi connectivity index (χ2n) is 3.52. The maximum absolute atomic E-state index is 10.4. The minimum absolute atomic E-state index is 0.0280. The van der Waals surface area contributed by atoms with Crippen LogP contribution in [0.15, 0.2) is 0 Å². The lowest BCUT2D eigenvalue weighted by Gasteiger charge is -2.07. The van der Waals surface area contributed by atoms with Gasteiger partial charge in [-0.1, -0.05) is 5.10 Å². The zero-order valence-corrected chi connectivity index (χ0v) is 9.10. The lowest BCUT2D eigenvalue weighted by atomic mass is 10.3. The molecule has 0 saturated heterocycles. The van der Waals surface area contributed by atoms with Gasteiger partial charge in [-0.2, -0.15) is 0 Å². The quantitative estimate of drug-likeness (QED) is 0.775. The number of nitrogens with zero attached hydrogens (tertiary/aromatic N) is 3. The molecule has 1 aromatic rings. The lowest BCUT2D eigenvalue weighted by Crippen LogP contribution is -2.10. The number of aliphatic carboxylic acids is 1. The first-order chi connectivity index (χ1) is 7.00. The van der Waals surface area contributed by atoms with Crippen molar-refractivity contribution in [3.8, 4) is 6.01 Å². The Kier molecular flexibility index (Phi) is 3.65. The van der Waals surface area contributed by atoms with Crippen molar-refractivity contribution in [1.29, 1.82) is 0 Å². The molecule has 0 radical (unpaired) electrons. The number of carbonyl (C=O) groups is 1. The largest absolute Gasteiger partial charge is 0.481 e. The van der Waals surface area contributed by atoms with E-state index in [1.165, 1.54) is 0 Å². The van der Waals surface area contributed by atoms with Crippen LogP contribution in [0.2, 0.25) is 0 Å². The molecular weight excluding hydrogens is 198 g/mol. The van der Waals surface area contributed by atoms with Gasteiger partial charge in [-0.3, -0.25) is 9.36 Å². The summed E-state index contributed by atoms with van der Waals surface area (Å²) < 4.78 is 7.04. The summed E-state index contributed by atoms with van der Waals surface area (Å²) in [5.41, 5.74) is 0. The number of ether oxygens (including phenoxy) is 1. The molecule has 0 atom stereocenters. The second kappa shape index (κ2) is 4.77. The Morgan fingerprint density at radius 1 is 1.53 bits per heavy atom. The van der Waals surface area contributed by atoms with Crippen molar-refractivity contribution in [2.45, 2.75) is 32.8 Å². The molecule has 0 aliphatic heterocycles. The van der Waals surface area contributed by atoms with Crippen LogP contribution in [0.4, 0.5) is 0 Å². The maximum Gasteiger partial charge on any atom is 0.316 e. The smallest absolute Gasteiger partial charge is 0.316 e. The predicted molar refractivity (Wildman–Crippen MR) is 52.7 cm³/mol. The molecule has 1 N–H and O–H groups in total. The number of carboxylic acid groups (broad SMARTS) is 1. The molecule has 84 valence electrons. The van der Waals surface area contributed by atoms with Crippen LogP contribution in [-0.2, 0) is 18.3 Å². The van der Waals surface area contributed by atoms with Gasteiger partial charge in [0.25, 0.3) is 0 Å². The number of aryl methyl sites for hydroxylation is 1. The van der Waals surface area contributed by atoms with E-state index in [0.29, 0.717) is 18.3 Å². The fraction of sp³-hybridized carbons (Fsp3) is 0.667. The van der Waals surface area contributed by atoms with Crippen molar-refractivity contribution >= 4 is 5.97 Å². The molecule has 0 amide bonds. The van der Waals surface area contributed by atoms with E-state index in [9.17, 15) is 4.79 Å². The summed E-state index contributed by atoms with van der Waals surface area (Å²) in [6.07, 6.45) is 0.439. The Hall–Kier alpha value is -1.59. The molecule has 0 saturated carbocycles. The number of aromatic nitrogens is 3. The molecule has 0 aromatic carbocycles. The fourth-order valence-corrected chi connectivity index (χ4v) is 1.09. The Morgan fingerprint density at radius 2 is 2.20 bits per heavy atom. The Morgan fingerprint density at radius 3 is 2.73 bits per heavy atom. The first-order valence-corrected chi connectivity index (χ1v) is 4.77. The molecule has 6 nitrogen and oxygen atoms in total. The summed E-state index contributed by atoms with van der Waals surface area (Å²) in [7, 11) is 1.76. The van der Waals surface area contributed by atoms with E-state index in [1.54, 1.807) is 11.6 Å². The van der Waals surface area contributed by atoms with Crippen molar-refractivity contribution in [3.63, 3.8) is 0 Å². The fourth-order valence-electron chi connectivity index (χ4n) is 1.09. The SMILES string of the molecule is CC(C)Oc1nnc(CCC(=O)O)n1C. The van der Waals surface area contributed by atoms with Crippen molar-refractivity contribution in [1.82, 2.24) is 14.8 Å². The zero-order chi connectivity index (χ0) is 11.4. The molecule has 0 bridgehead atoms. The average molecular weight is 213 g/mol. The molecule has 0 fully saturated rings. The maximum atomic E-state index is 10.4. The van der Waals surface area contributed by atoms with Gasteiger partial charge in [0, 0.05) is 13.5 Å². The van der Waals surface area contributed by atoms with Gasteiger partial charge in [0.1, 0.15) is 5.82 Å². The van der Waals surface area contributed by atoms with Gasteiger partial charge in [0.2, 0.25) is 0 Å². The minimum Gasteiger partial charge on any atom is -0.481 e. The van der Waals surface area contributed by atoms with Crippen LogP contribution in [0.25, 0.3) is 0 Å². The topological polar surface area (TPSA) is 77.2 Å². The van der Waals surface area contributed by atoms with E-state index < -0.39 is 5.97 Å². The van der Waals surface area contributed by atoms with Crippen LogP contribution in [0.1, 0.15) is 26.1 Å². The molecular formula is C9H15N3O3. The van der Waals surface area contributed by atoms with Gasteiger partial charge < -0.3 is 9.84 Å². The molecule has 0 spiro atoms. The van der Waals surface area contributed by atoms with Crippen molar-refractivity contribution in [3.05, 3.63) is 5.82 Å². The first kappa shape index (κ1) is 11.5. The Bertz CT molecular complexity index is 346. The summed E-state index contributed by atoms with van der Waals surface area (Å²) in [6.45, 7) is 3.79. The molecule has 1 aromatic heterocycles. The highest BCUT2D eigenvalue weighted by Crippen LogP contribution is 2.10. The third-order valence-electron chi connectivity index (χ3n) is 1.83. The third kappa shape index (κ3) is 3.23. The normalized spacial score (nSPS) is 10.7. The Balaban J connectivity index is 2.66. The molecule has 1 rings (SSSR count). The van der Waals surface area contributed by atoms with Crippen molar-refractivity contribution in [2.24, 2.45) is 7.05 Å². The molecule has 0 aliphatic rings. The predicted octanol–water partition coefficient (Wildman–Crippen LogP) is 0.619. The number of rotatable bonds is 5. The van der Waals surface area contributed by atoms with Crippen LogP contribution in [0, 0.1) is 0 Å². The van der Waals surface area contributed by atoms with Gasteiger partial charge in [-0.15, -0.1) is 5.10 Å². The highest BCUT2D eigenvalue weighted by molar-refractivity contribution is 5.66. The summed E-state index contributed by atoms with van der Waals surface area (Å²) >= 11 is 0. The van der Waals surface area contributed by atoms with E-state index in [0.717, 1.165) is 0 Å². The molecule has 0 aliphatic carbocycles. The average Bonchev–Trinajstić information content (AvgIpc) is 2.44. The zero-order valence-electron chi connectivity index (χ0n) is 9.10. The van der Waals surface area contributed by atoms with E-state index in [2.05, 4.69) is 10.2 Å². The molecule has 15 heavy (non-hydrogen) atoms. The summed E-state index contributed by atoms with van der Waals surface area (Å²) in [5.74, 6) is -0.225. The Labute approximate surface area is 87.9 Å². The van der Waals surface area contributed by atoms with Gasteiger partial charge >= 0.3 is 12.0 Å². The van der Waals surface area contributed by atoms with Gasteiger partial charge in [0.05, 0.1) is 12.5 Å². The number of hydrogen-bond donors (Lipinski definition) is 1. The van der Waals surface area contributed by atoms with Gasteiger partial charge in [-0.25, -0.2) is 0 Å². The minimum atomic E-state index is -0.843. The highest BCUT2D eigenvalue weighted by atomic mass is 16.5. The van der Waals surface area contributed by atoms with Gasteiger partial charge in [0.15, 0.2) is 0 Å². The standard InChI is InChI=1S/C9H15N3O3/c1-6(2)15-9-11-10-7(12(9)3)4-5-8(13)14/h6H,4-5H2,1-3H3,(H,13,14). The molecule has 1 heterocycles. The third-order valence-corrected chi connectivity index (χ3v) is 1.83. The van der Waals surface area contributed by atoms with Gasteiger partial charge in [-0.05, 0) is 13.8 Å². The van der Waals surface area contributed by atoms with Crippen LogP contribution >= 0.6 is 0 Å². The number of hydrogen-bond acceptors (Lipinski definition) is 4. The molecule has 6 heteroatoms. The van der Waals surface area contributed by atoms with E-state index >= 15 is 0 Å². The van der Waals surface area contributed by atoms with Crippen LogP contribution in [-0.4, -0.2) is 31.9 Å². The second-order valence-corrected chi connectivity index (χ2v) is 3.52. The number of carboxylic acids is 1. The lowest BCUT2D eigenvalue weighted by molar-refractivity contribution is -0.137. The van der Waals surface area contributed by atoms with Crippen LogP contribution < -0.4 is 4.74 Å². The summed E-state index contributed by atoms with van der Waals surface area (Å²) in [4.78, 5) is 10.4. The van der Waals surface area contributed by atoms with Crippen LogP contribution in [0.5, 0.6) is 6.01 Å². The van der Waals surface area contributed by atoms with Crippen molar-refractivity contribution in [2.75, 3.05) is 0 Å². The van der Waals surface area contributed by atoms with E-state index in [4.69, 9.17) is 9.84 Å². The monoisotopic (exact) mass is 213 g/mol.